The van der Waals surface area contributed by atoms with Crippen LogP contribution in [-0.4, -0.2) is 16.1 Å². The highest BCUT2D eigenvalue weighted by atomic mass is 32.2. The van der Waals surface area contributed by atoms with E-state index in [4.69, 9.17) is 0 Å². The second-order valence-electron chi connectivity index (χ2n) is 6.00. The number of carbonyl (C=O) groups excluding carboxylic acids is 1. The number of nitriles is 1. The van der Waals surface area contributed by atoms with E-state index in [2.05, 4.69) is 22.4 Å². The van der Waals surface area contributed by atoms with Crippen LogP contribution in [0.2, 0.25) is 0 Å². The van der Waals surface area contributed by atoms with Crippen LogP contribution < -0.4 is 5.32 Å². The van der Waals surface area contributed by atoms with Gasteiger partial charge in [-0.15, -0.1) is 0 Å². The van der Waals surface area contributed by atoms with Gasteiger partial charge in [-0.25, -0.2) is 4.98 Å². The monoisotopic (exact) mass is 339 g/mol. The molecule has 0 spiro atoms. The summed E-state index contributed by atoms with van der Waals surface area (Å²) >= 11 is 1.31. The normalized spacial score (nSPS) is 11.7. The van der Waals surface area contributed by atoms with Crippen molar-refractivity contribution in [1.82, 2.24) is 4.98 Å². The average Bonchev–Trinajstić information content (AvgIpc) is 2.45. The van der Waals surface area contributed by atoms with Crippen molar-refractivity contribution in [2.45, 2.75) is 44.9 Å². The Morgan fingerprint density at radius 3 is 2.38 bits per heavy atom. The molecule has 0 bridgehead atoms. The number of aromatic nitrogens is 1. The zero-order chi connectivity index (χ0) is 17.9. The van der Waals surface area contributed by atoms with Gasteiger partial charge in [0.05, 0.1) is 10.8 Å². The smallest absolute Gasteiger partial charge is 0.237 e. The number of aryl methyl sites for hydroxylation is 4. The largest absolute Gasteiger partial charge is 0.325 e. The lowest BCUT2D eigenvalue weighted by Gasteiger charge is -2.14. The van der Waals surface area contributed by atoms with Crippen LogP contribution in [0, 0.1) is 39.0 Å². The molecule has 4 nitrogen and oxygen atoms in total. The van der Waals surface area contributed by atoms with Gasteiger partial charge in [-0.2, -0.15) is 5.26 Å². The van der Waals surface area contributed by atoms with Gasteiger partial charge in [0.15, 0.2) is 0 Å². The standard InChI is InChI=1S/C19H21N3OS/c1-11-6-12(2)8-16(7-11)22-18(23)15(5)24-19-17(10-20)13(3)9-14(4)21-19/h6-9,15H,1-5H3,(H,22,23). The number of carbonyl (C=O) groups is 1. The van der Waals surface area contributed by atoms with E-state index in [9.17, 15) is 10.1 Å². The Labute approximate surface area is 147 Å². The van der Waals surface area contributed by atoms with Gasteiger partial charge in [0.25, 0.3) is 0 Å². The fraction of sp³-hybridized carbons (Fsp3) is 0.316. The lowest BCUT2D eigenvalue weighted by molar-refractivity contribution is -0.115. The molecule has 0 aliphatic heterocycles. The van der Waals surface area contributed by atoms with E-state index in [-0.39, 0.29) is 11.2 Å². The molecule has 0 fully saturated rings. The Morgan fingerprint density at radius 2 is 1.79 bits per heavy atom. The summed E-state index contributed by atoms with van der Waals surface area (Å²) < 4.78 is 0. The summed E-state index contributed by atoms with van der Waals surface area (Å²) in [5.74, 6) is -0.102. The van der Waals surface area contributed by atoms with Crippen molar-refractivity contribution in [3.05, 3.63) is 52.2 Å². The first-order valence-electron chi connectivity index (χ1n) is 7.74. The van der Waals surface area contributed by atoms with E-state index in [1.165, 1.54) is 11.8 Å². The summed E-state index contributed by atoms with van der Waals surface area (Å²) in [5, 5.41) is 12.5. The maximum atomic E-state index is 12.5. The number of amides is 1. The zero-order valence-corrected chi connectivity index (χ0v) is 15.4. The lowest BCUT2D eigenvalue weighted by atomic mass is 10.1. The van der Waals surface area contributed by atoms with Gasteiger partial charge in [-0.1, -0.05) is 17.8 Å². The Morgan fingerprint density at radius 1 is 1.17 bits per heavy atom. The topological polar surface area (TPSA) is 65.8 Å². The van der Waals surface area contributed by atoms with Crippen molar-refractivity contribution in [3.8, 4) is 6.07 Å². The van der Waals surface area contributed by atoms with E-state index in [0.29, 0.717) is 10.6 Å². The third-order valence-corrected chi connectivity index (χ3v) is 4.66. The van der Waals surface area contributed by atoms with Crippen molar-refractivity contribution in [1.29, 1.82) is 5.26 Å². The molecule has 1 amide bonds. The van der Waals surface area contributed by atoms with Gasteiger partial charge < -0.3 is 5.32 Å². The van der Waals surface area contributed by atoms with E-state index in [1.54, 1.807) is 0 Å². The first-order valence-corrected chi connectivity index (χ1v) is 8.62. The second kappa shape index (κ2) is 7.50. The molecular formula is C19H21N3OS. The molecule has 1 aromatic heterocycles. The minimum Gasteiger partial charge on any atom is -0.325 e. The van der Waals surface area contributed by atoms with E-state index >= 15 is 0 Å². The lowest BCUT2D eigenvalue weighted by Crippen LogP contribution is -2.22. The van der Waals surface area contributed by atoms with Crippen LogP contribution in [0.4, 0.5) is 5.69 Å². The Bertz CT molecular complexity index is 804. The quantitative estimate of drug-likeness (QED) is 0.843. The van der Waals surface area contributed by atoms with Gasteiger partial charge in [0, 0.05) is 11.4 Å². The fourth-order valence-electron chi connectivity index (χ4n) is 2.54. The predicted octanol–water partition coefficient (Wildman–Crippen LogP) is 4.31. The molecule has 0 saturated heterocycles. The molecule has 1 atom stereocenters. The molecular weight excluding hydrogens is 318 g/mol. The molecule has 1 aromatic carbocycles. The van der Waals surface area contributed by atoms with E-state index < -0.39 is 0 Å². The highest BCUT2D eigenvalue weighted by Crippen LogP contribution is 2.28. The van der Waals surface area contributed by atoms with Crippen molar-refractivity contribution in [2.24, 2.45) is 0 Å². The summed E-state index contributed by atoms with van der Waals surface area (Å²) in [7, 11) is 0. The molecule has 1 heterocycles. The van der Waals surface area contributed by atoms with Crippen LogP contribution in [0.15, 0.2) is 29.3 Å². The van der Waals surface area contributed by atoms with Crippen molar-refractivity contribution >= 4 is 23.4 Å². The first kappa shape index (κ1) is 18.0. The van der Waals surface area contributed by atoms with Crippen LogP contribution >= 0.6 is 11.8 Å². The third-order valence-electron chi connectivity index (χ3n) is 3.57. The number of rotatable bonds is 4. The average molecular weight is 339 g/mol. The van der Waals surface area contributed by atoms with Crippen LogP contribution in [-0.2, 0) is 4.79 Å². The van der Waals surface area contributed by atoms with Gasteiger partial charge >= 0.3 is 0 Å². The highest BCUT2D eigenvalue weighted by Gasteiger charge is 2.19. The molecule has 1 unspecified atom stereocenters. The zero-order valence-electron chi connectivity index (χ0n) is 14.6. The van der Waals surface area contributed by atoms with Gasteiger partial charge in [0.1, 0.15) is 11.1 Å². The van der Waals surface area contributed by atoms with Crippen LogP contribution in [0.25, 0.3) is 0 Å². The first-order chi connectivity index (χ1) is 11.3. The maximum absolute atomic E-state index is 12.5. The van der Waals surface area contributed by atoms with Crippen LogP contribution in [0.3, 0.4) is 0 Å². The van der Waals surface area contributed by atoms with Gasteiger partial charge in [-0.05, 0) is 69.5 Å². The van der Waals surface area contributed by atoms with E-state index in [0.717, 1.165) is 28.1 Å². The SMILES string of the molecule is Cc1cc(C)cc(NC(=O)C(C)Sc2nc(C)cc(C)c2C#N)c1. The number of thioether (sulfide) groups is 1. The number of hydrogen-bond donors (Lipinski definition) is 1. The second-order valence-corrected chi connectivity index (χ2v) is 7.33. The molecule has 5 heteroatoms. The number of pyridine rings is 1. The maximum Gasteiger partial charge on any atom is 0.237 e. The van der Waals surface area contributed by atoms with Crippen molar-refractivity contribution < 1.29 is 4.79 Å². The summed E-state index contributed by atoms with van der Waals surface area (Å²) in [6, 6.07) is 10.0. The summed E-state index contributed by atoms with van der Waals surface area (Å²) in [4.78, 5) is 16.9. The number of anilines is 1. The molecule has 0 aliphatic rings. The fourth-order valence-corrected chi connectivity index (χ4v) is 3.56. The number of nitrogens with zero attached hydrogens (tertiary/aromatic N) is 2. The molecule has 2 rings (SSSR count). The summed E-state index contributed by atoms with van der Waals surface area (Å²) in [6.45, 7) is 9.60. The van der Waals surface area contributed by atoms with Gasteiger partial charge in [-0.3, -0.25) is 4.79 Å². The van der Waals surface area contributed by atoms with Crippen LogP contribution in [0.5, 0.6) is 0 Å². The van der Waals surface area contributed by atoms with Crippen LogP contribution in [0.1, 0.15) is 34.9 Å². The predicted molar refractivity (Wildman–Crippen MR) is 98.3 cm³/mol. The third kappa shape index (κ3) is 4.36. The Hall–Kier alpha value is -2.32. The molecule has 24 heavy (non-hydrogen) atoms. The van der Waals surface area contributed by atoms with Gasteiger partial charge in [0.2, 0.25) is 5.91 Å². The molecule has 0 aliphatic carbocycles. The molecule has 0 saturated carbocycles. The minimum absolute atomic E-state index is 0.102. The number of hydrogen-bond acceptors (Lipinski definition) is 4. The Balaban J connectivity index is 2.16. The summed E-state index contributed by atoms with van der Waals surface area (Å²) in [6.07, 6.45) is 0. The molecule has 1 N–H and O–H groups in total. The Kier molecular flexibility index (Phi) is 5.63. The van der Waals surface area contributed by atoms with Crippen molar-refractivity contribution in [3.63, 3.8) is 0 Å². The van der Waals surface area contributed by atoms with E-state index in [1.807, 2.05) is 52.8 Å². The number of benzene rings is 1. The number of nitrogens with one attached hydrogen (secondary N) is 1. The molecule has 124 valence electrons. The molecule has 0 radical (unpaired) electrons. The minimum atomic E-state index is -0.355. The molecule has 2 aromatic rings. The highest BCUT2D eigenvalue weighted by molar-refractivity contribution is 8.00. The van der Waals surface area contributed by atoms with Crippen molar-refractivity contribution in [2.75, 3.05) is 5.32 Å². The summed E-state index contributed by atoms with van der Waals surface area (Å²) in [5.41, 5.74) is 5.27.